The van der Waals surface area contributed by atoms with Crippen LogP contribution in [0.1, 0.15) is 18.9 Å². The van der Waals surface area contributed by atoms with Gasteiger partial charge in [-0.05, 0) is 25.5 Å². The molecule has 0 N–H and O–H groups in total. The molecule has 1 aliphatic rings. The fraction of sp³-hybridized carbons (Fsp3) is 0.500. The maximum absolute atomic E-state index is 8.85. The van der Waals surface area contributed by atoms with Gasteiger partial charge >= 0.3 is 0 Å². The molecule has 4 heteroatoms. The summed E-state index contributed by atoms with van der Waals surface area (Å²) in [5, 5.41) is 8.85. The van der Waals surface area contributed by atoms with Gasteiger partial charge in [0.15, 0.2) is 0 Å². The lowest BCUT2D eigenvalue weighted by Crippen LogP contribution is -2.30. The van der Waals surface area contributed by atoms with E-state index in [4.69, 9.17) is 10.00 Å². The lowest BCUT2D eigenvalue weighted by atomic mass is 10.2. The Morgan fingerprint density at radius 1 is 1.62 bits per heavy atom. The lowest BCUT2D eigenvalue weighted by Gasteiger charge is -2.23. The third-order valence-electron chi connectivity index (χ3n) is 2.65. The SMILES string of the molecule is CC1CN(c2cc(C#N)ccn2)CCCO1. The van der Waals surface area contributed by atoms with Crippen molar-refractivity contribution in [2.75, 3.05) is 24.6 Å². The summed E-state index contributed by atoms with van der Waals surface area (Å²) in [5.41, 5.74) is 0.655. The van der Waals surface area contributed by atoms with Crippen molar-refractivity contribution in [2.24, 2.45) is 0 Å². The minimum atomic E-state index is 0.218. The Labute approximate surface area is 95.5 Å². The quantitative estimate of drug-likeness (QED) is 0.716. The number of hydrogen-bond donors (Lipinski definition) is 0. The second-order valence-corrected chi connectivity index (χ2v) is 4.00. The van der Waals surface area contributed by atoms with Crippen LogP contribution < -0.4 is 4.90 Å². The van der Waals surface area contributed by atoms with Crippen molar-refractivity contribution >= 4 is 5.82 Å². The summed E-state index contributed by atoms with van der Waals surface area (Å²) in [6.07, 6.45) is 2.91. The normalized spacial score (nSPS) is 21.2. The lowest BCUT2D eigenvalue weighted by molar-refractivity contribution is 0.0820. The van der Waals surface area contributed by atoms with Gasteiger partial charge in [0.25, 0.3) is 0 Å². The number of hydrogen-bond acceptors (Lipinski definition) is 4. The first-order chi connectivity index (χ1) is 7.79. The van der Waals surface area contributed by atoms with Gasteiger partial charge in [-0.15, -0.1) is 0 Å². The first-order valence-electron chi connectivity index (χ1n) is 5.52. The molecule has 1 fully saturated rings. The van der Waals surface area contributed by atoms with Gasteiger partial charge in [0.1, 0.15) is 5.82 Å². The minimum Gasteiger partial charge on any atom is -0.377 e. The van der Waals surface area contributed by atoms with Gasteiger partial charge in [0, 0.05) is 25.9 Å². The standard InChI is InChI=1S/C12H15N3O/c1-10-9-15(5-2-6-16-10)12-7-11(8-13)3-4-14-12/h3-4,7,10H,2,5-6,9H2,1H3. The minimum absolute atomic E-state index is 0.218. The molecule has 0 saturated carbocycles. The van der Waals surface area contributed by atoms with Gasteiger partial charge in [0.05, 0.1) is 17.7 Å². The Kier molecular flexibility index (Phi) is 3.37. The summed E-state index contributed by atoms with van der Waals surface area (Å²) >= 11 is 0. The molecule has 0 bridgehead atoms. The zero-order chi connectivity index (χ0) is 11.4. The van der Waals surface area contributed by atoms with Crippen molar-refractivity contribution in [2.45, 2.75) is 19.4 Å². The number of nitrogens with zero attached hydrogens (tertiary/aromatic N) is 3. The smallest absolute Gasteiger partial charge is 0.129 e. The van der Waals surface area contributed by atoms with Crippen LogP contribution in [0, 0.1) is 11.3 Å². The molecule has 1 atom stereocenters. The summed E-state index contributed by atoms with van der Waals surface area (Å²) < 4.78 is 5.58. The Bertz CT molecular complexity index is 399. The number of pyridine rings is 1. The summed E-state index contributed by atoms with van der Waals surface area (Å²) in [4.78, 5) is 6.49. The van der Waals surface area contributed by atoms with Gasteiger partial charge in [-0.3, -0.25) is 0 Å². The van der Waals surface area contributed by atoms with Gasteiger partial charge < -0.3 is 9.64 Å². The Morgan fingerprint density at radius 3 is 3.31 bits per heavy atom. The van der Waals surface area contributed by atoms with Crippen molar-refractivity contribution in [3.05, 3.63) is 23.9 Å². The van der Waals surface area contributed by atoms with Gasteiger partial charge in [-0.25, -0.2) is 4.98 Å². The molecule has 1 saturated heterocycles. The van der Waals surface area contributed by atoms with E-state index >= 15 is 0 Å². The predicted molar refractivity (Wildman–Crippen MR) is 61.2 cm³/mol. The van der Waals surface area contributed by atoms with Crippen molar-refractivity contribution in [3.8, 4) is 6.07 Å². The van der Waals surface area contributed by atoms with Crippen LogP contribution in [0.3, 0.4) is 0 Å². The van der Waals surface area contributed by atoms with Crippen LogP contribution in [0.4, 0.5) is 5.82 Å². The highest BCUT2D eigenvalue weighted by Crippen LogP contribution is 2.16. The van der Waals surface area contributed by atoms with E-state index < -0.39 is 0 Å². The van der Waals surface area contributed by atoms with Gasteiger partial charge in [0.2, 0.25) is 0 Å². The van der Waals surface area contributed by atoms with E-state index in [0.29, 0.717) is 5.56 Å². The zero-order valence-corrected chi connectivity index (χ0v) is 9.39. The molecule has 0 aromatic carbocycles. The van der Waals surface area contributed by atoms with Gasteiger partial charge in [-0.1, -0.05) is 0 Å². The average Bonchev–Trinajstić information content (AvgIpc) is 2.54. The van der Waals surface area contributed by atoms with Crippen LogP contribution in [-0.2, 0) is 4.74 Å². The molecular weight excluding hydrogens is 202 g/mol. The Balaban J connectivity index is 2.18. The highest BCUT2D eigenvalue weighted by molar-refractivity contribution is 5.45. The highest BCUT2D eigenvalue weighted by Gasteiger charge is 2.16. The van der Waals surface area contributed by atoms with E-state index in [-0.39, 0.29) is 6.10 Å². The summed E-state index contributed by atoms with van der Waals surface area (Å²) in [6.45, 7) is 4.64. The second kappa shape index (κ2) is 4.95. The monoisotopic (exact) mass is 217 g/mol. The largest absolute Gasteiger partial charge is 0.377 e. The fourth-order valence-corrected chi connectivity index (χ4v) is 1.86. The Hall–Kier alpha value is -1.60. The molecule has 0 amide bonds. The Morgan fingerprint density at radius 2 is 2.50 bits per heavy atom. The molecule has 2 heterocycles. The van der Waals surface area contributed by atoms with E-state index in [9.17, 15) is 0 Å². The first kappa shape index (κ1) is 10.9. The highest BCUT2D eigenvalue weighted by atomic mass is 16.5. The molecule has 1 aromatic heterocycles. The average molecular weight is 217 g/mol. The molecule has 1 aliphatic heterocycles. The summed E-state index contributed by atoms with van der Waals surface area (Å²) in [5.74, 6) is 0.872. The number of aromatic nitrogens is 1. The summed E-state index contributed by atoms with van der Waals surface area (Å²) in [7, 11) is 0. The van der Waals surface area contributed by atoms with Crippen LogP contribution >= 0.6 is 0 Å². The van der Waals surface area contributed by atoms with E-state index in [1.807, 2.05) is 6.07 Å². The molecule has 2 rings (SSSR count). The van der Waals surface area contributed by atoms with E-state index in [2.05, 4.69) is 22.9 Å². The predicted octanol–water partition coefficient (Wildman–Crippen LogP) is 1.57. The number of ether oxygens (including phenoxy) is 1. The van der Waals surface area contributed by atoms with E-state index in [1.54, 1.807) is 12.3 Å². The topological polar surface area (TPSA) is 49.2 Å². The molecule has 0 spiro atoms. The molecule has 1 aromatic rings. The molecule has 4 nitrogen and oxygen atoms in total. The summed E-state index contributed by atoms with van der Waals surface area (Å²) in [6, 6.07) is 5.69. The maximum Gasteiger partial charge on any atom is 0.129 e. The number of anilines is 1. The molecule has 0 aliphatic carbocycles. The first-order valence-corrected chi connectivity index (χ1v) is 5.52. The van der Waals surface area contributed by atoms with Crippen molar-refractivity contribution < 1.29 is 4.74 Å². The van der Waals surface area contributed by atoms with Crippen molar-refractivity contribution in [3.63, 3.8) is 0 Å². The van der Waals surface area contributed by atoms with Crippen molar-refractivity contribution in [1.82, 2.24) is 4.98 Å². The molecule has 84 valence electrons. The van der Waals surface area contributed by atoms with Crippen LogP contribution in [0.2, 0.25) is 0 Å². The molecule has 1 unspecified atom stereocenters. The number of nitriles is 1. The third kappa shape index (κ3) is 2.50. The molecule has 16 heavy (non-hydrogen) atoms. The van der Waals surface area contributed by atoms with E-state index in [0.717, 1.165) is 31.9 Å². The third-order valence-corrected chi connectivity index (χ3v) is 2.65. The van der Waals surface area contributed by atoms with Crippen molar-refractivity contribution in [1.29, 1.82) is 5.26 Å². The second-order valence-electron chi connectivity index (χ2n) is 4.00. The van der Waals surface area contributed by atoms with E-state index in [1.165, 1.54) is 0 Å². The molecular formula is C12H15N3O. The van der Waals surface area contributed by atoms with Gasteiger partial charge in [-0.2, -0.15) is 5.26 Å². The van der Waals surface area contributed by atoms with Crippen LogP contribution in [0.5, 0.6) is 0 Å². The fourth-order valence-electron chi connectivity index (χ4n) is 1.86. The molecule has 0 radical (unpaired) electrons. The van der Waals surface area contributed by atoms with Crippen LogP contribution in [0.15, 0.2) is 18.3 Å². The maximum atomic E-state index is 8.85. The van der Waals surface area contributed by atoms with Crippen LogP contribution in [0.25, 0.3) is 0 Å². The number of rotatable bonds is 1. The van der Waals surface area contributed by atoms with Crippen LogP contribution in [-0.4, -0.2) is 30.8 Å². The zero-order valence-electron chi connectivity index (χ0n) is 9.39.